The molecule has 0 aromatic carbocycles. The van der Waals surface area contributed by atoms with Crippen LogP contribution in [0.25, 0.3) is 0 Å². The summed E-state index contributed by atoms with van der Waals surface area (Å²) < 4.78 is 12.5. The minimum absolute atomic E-state index is 0.329. The van der Waals surface area contributed by atoms with Crippen LogP contribution in [0.4, 0.5) is 10.2 Å². The zero-order valence-electron chi connectivity index (χ0n) is 7.27. The van der Waals surface area contributed by atoms with E-state index in [1.807, 2.05) is 5.38 Å². The van der Waals surface area contributed by atoms with Gasteiger partial charge in [-0.05, 0) is 12.1 Å². The summed E-state index contributed by atoms with van der Waals surface area (Å²) in [6, 6.07) is 2.97. The fourth-order valence-corrected chi connectivity index (χ4v) is 1.54. The average Bonchev–Trinajstić information content (AvgIpc) is 2.70. The first-order chi connectivity index (χ1) is 6.84. The Hall–Kier alpha value is -1.49. The van der Waals surface area contributed by atoms with Gasteiger partial charge in [0.15, 0.2) is 0 Å². The number of aromatic nitrogens is 2. The molecule has 0 atom stereocenters. The molecule has 0 spiro atoms. The van der Waals surface area contributed by atoms with Gasteiger partial charge in [0.25, 0.3) is 0 Å². The Balaban J connectivity index is 1.95. The fraction of sp³-hybridized carbons (Fsp3) is 0.111. The van der Waals surface area contributed by atoms with Crippen molar-refractivity contribution in [3.63, 3.8) is 0 Å². The third-order valence-corrected chi connectivity index (χ3v) is 2.41. The van der Waals surface area contributed by atoms with Crippen molar-refractivity contribution in [1.82, 2.24) is 9.97 Å². The maximum absolute atomic E-state index is 12.5. The summed E-state index contributed by atoms with van der Waals surface area (Å²) in [5.41, 5.74) is 0. The second kappa shape index (κ2) is 4.15. The van der Waals surface area contributed by atoms with Crippen molar-refractivity contribution in [2.45, 2.75) is 6.54 Å². The number of halogens is 1. The molecule has 0 saturated carbocycles. The fourth-order valence-electron chi connectivity index (χ4n) is 0.987. The number of thiazole rings is 1. The lowest BCUT2D eigenvalue weighted by molar-refractivity contribution is 0.621. The Bertz CT molecular complexity index is 385. The monoisotopic (exact) mass is 209 g/mol. The highest BCUT2D eigenvalue weighted by molar-refractivity contribution is 7.09. The van der Waals surface area contributed by atoms with Crippen LogP contribution in [-0.4, -0.2) is 9.97 Å². The third kappa shape index (κ3) is 2.26. The molecule has 0 unspecified atom stereocenters. The van der Waals surface area contributed by atoms with Gasteiger partial charge in [0.05, 0.1) is 12.7 Å². The lowest BCUT2D eigenvalue weighted by Crippen LogP contribution is -2.00. The van der Waals surface area contributed by atoms with Crippen LogP contribution in [0.5, 0.6) is 0 Å². The largest absolute Gasteiger partial charge is 0.364 e. The number of hydrogen-bond acceptors (Lipinski definition) is 4. The molecule has 2 heterocycles. The predicted molar refractivity (Wildman–Crippen MR) is 53.6 cm³/mol. The third-order valence-electron chi connectivity index (χ3n) is 1.63. The van der Waals surface area contributed by atoms with Gasteiger partial charge in [-0.2, -0.15) is 0 Å². The number of rotatable bonds is 3. The van der Waals surface area contributed by atoms with E-state index in [4.69, 9.17) is 0 Å². The summed E-state index contributed by atoms with van der Waals surface area (Å²) in [5, 5.41) is 5.94. The normalized spacial score (nSPS) is 10.1. The summed E-state index contributed by atoms with van der Waals surface area (Å²) in [7, 11) is 0. The van der Waals surface area contributed by atoms with E-state index in [9.17, 15) is 4.39 Å². The first-order valence-electron chi connectivity index (χ1n) is 4.08. The molecule has 0 saturated heterocycles. The molecule has 0 amide bonds. The molecular formula is C9H8FN3S. The summed E-state index contributed by atoms with van der Waals surface area (Å²) in [6.45, 7) is 0.621. The van der Waals surface area contributed by atoms with E-state index in [1.54, 1.807) is 23.6 Å². The number of nitrogens with one attached hydrogen (secondary N) is 1. The Morgan fingerprint density at radius 2 is 2.29 bits per heavy atom. The summed E-state index contributed by atoms with van der Waals surface area (Å²) in [5.74, 6) is 0.325. The van der Waals surface area contributed by atoms with Crippen LogP contribution in [0.15, 0.2) is 29.9 Å². The van der Waals surface area contributed by atoms with E-state index < -0.39 is 0 Å². The Morgan fingerprint density at radius 3 is 2.93 bits per heavy atom. The van der Waals surface area contributed by atoms with Crippen LogP contribution < -0.4 is 5.32 Å². The summed E-state index contributed by atoms with van der Waals surface area (Å²) >= 11 is 1.57. The zero-order valence-corrected chi connectivity index (χ0v) is 8.09. The van der Waals surface area contributed by atoms with Gasteiger partial charge in [0.1, 0.15) is 16.6 Å². The van der Waals surface area contributed by atoms with Crippen molar-refractivity contribution in [1.29, 1.82) is 0 Å². The first kappa shape index (κ1) is 9.08. The van der Waals surface area contributed by atoms with Crippen molar-refractivity contribution >= 4 is 17.2 Å². The molecule has 2 aromatic heterocycles. The molecule has 0 fully saturated rings. The molecule has 1 N–H and O–H groups in total. The molecule has 0 aliphatic rings. The van der Waals surface area contributed by atoms with Crippen molar-refractivity contribution in [3.8, 4) is 0 Å². The van der Waals surface area contributed by atoms with Gasteiger partial charge in [-0.25, -0.2) is 14.4 Å². The van der Waals surface area contributed by atoms with Gasteiger partial charge in [-0.1, -0.05) is 0 Å². The van der Waals surface area contributed by atoms with Gasteiger partial charge in [0.2, 0.25) is 0 Å². The van der Waals surface area contributed by atoms with Crippen molar-refractivity contribution in [3.05, 3.63) is 40.7 Å². The smallest absolute Gasteiger partial charge is 0.141 e. The van der Waals surface area contributed by atoms with E-state index in [1.165, 1.54) is 12.3 Å². The number of hydrogen-bond donors (Lipinski definition) is 1. The minimum atomic E-state index is -0.329. The van der Waals surface area contributed by atoms with E-state index in [0.29, 0.717) is 12.4 Å². The van der Waals surface area contributed by atoms with Crippen molar-refractivity contribution in [2.24, 2.45) is 0 Å². The molecule has 0 bridgehead atoms. The van der Waals surface area contributed by atoms with Crippen LogP contribution in [0.2, 0.25) is 0 Å². The SMILES string of the molecule is Fc1ccc(NCc2nccs2)nc1. The predicted octanol–water partition coefficient (Wildman–Crippen LogP) is 2.29. The minimum Gasteiger partial charge on any atom is -0.364 e. The molecule has 0 aliphatic heterocycles. The molecule has 2 aromatic rings. The Morgan fingerprint density at radius 1 is 1.36 bits per heavy atom. The summed E-state index contributed by atoms with van der Waals surface area (Å²) in [4.78, 5) is 7.97. The van der Waals surface area contributed by atoms with Crippen LogP contribution in [0.1, 0.15) is 5.01 Å². The van der Waals surface area contributed by atoms with E-state index in [-0.39, 0.29) is 5.82 Å². The molecule has 2 rings (SSSR count). The highest BCUT2D eigenvalue weighted by atomic mass is 32.1. The molecule has 5 heteroatoms. The van der Waals surface area contributed by atoms with E-state index in [2.05, 4.69) is 15.3 Å². The summed E-state index contributed by atoms with van der Waals surface area (Å²) in [6.07, 6.45) is 2.93. The van der Waals surface area contributed by atoms with Gasteiger partial charge in [-0.15, -0.1) is 11.3 Å². The van der Waals surface area contributed by atoms with Crippen molar-refractivity contribution in [2.75, 3.05) is 5.32 Å². The number of anilines is 1. The average molecular weight is 209 g/mol. The van der Waals surface area contributed by atoms with E-state index >= 15 is 0 Å². The van der Waals surface area contributed by atoms with Gasteiger partial charge >= 0.3 is 0 Å². The second-order valence-corrected chi connectivity index (χ2v) is 3.62. The standard InChI is InChI=1S/C9H8FN3S/c10-7-1-2-8(12-5-7)13-6-9-11-3-4-14-9/h1-5H,6H2,(H,12,13). The van der Waals surface area contributed by atoms with Gasteiger partial charge in [-0.3, -0.25) is 0 Å². The first-order valence-corrected chi connectivity index (χ1v) is 4.96. The van der Waals surface area contributed by atoms with Crippen LogP contribution in [0.3, 0.4) is 0 Å². The van der Waals surface area contributed by atoms with Crippen LogP contribution >= 0.6 is 11.3 Å². The molecule has 0 aliphatic carbocycles. The van der Waals surface area contributed by atoms with E-state index in [0.717, 1.165) is 5.01 Å². The molecule has 0 radical (unpaired) electrons. The van der Waals surface area contributed by atoms with Crippen LogP contribution in [-0.2, 0) is 6.54 Å². The lowest BCUT2D eigenvalue weighted by Gasteiger charge is -2.01. The Kier molecular flexibility index (Phi) is 2.69. The van der Waals surface area contributed by atoms with Gasteiger partial charge in [0, 0.05) is 11.6 Å². The highest BCUT2D eigenvalue weighted by Crippen LogP contribution is 2.08. The Labute approximate surface area is 84.6 Å². The van der Waals surface area contributed by atoms with Crippen LogP contribution in [0, 0.1) is 5.82 Å². The van der Waals surface area contributed by atoms with Gasteiger partial charge < -0.3 is 5.32 Å². The molecule has 3 nitrogen and oxygen atoms in total. The molecular weight excluding hydrogens is 201 g/mol. The zero-order chi connectivity index (χ0) is 9.80. The topological polar surface area (TPSA) is 37.8 Å². The van der Waals surface area contributed by atoms with Crippen molar-refractivity contribution < 1.29 is 4.39 Å². The molecule has 72 valence electrons. The highest BCUT2D eigenvalue weighted by Gasteiger charge is 1.96. The molecule has 14 heavy (non-hydrogen) atoms. The number of nitrogens with zero attached hydrogens (tertiary/aromatic N) is 2. The second-order valence-electron chi connectivity index (χ2n) is 2.64. The quantitative estimate of drug-likeness (QED) is 0.842. The maximum atomic E-state index is 12.5. The lowest BCUT2D eigenvalue weighted by atomic mass is 10.4. The number of pyridine rings is 1. The maximum Gasteiger partial charge on any atom is 0.141 e.